The van der Waals surface area contributed by atoms with Crippen molar-refractivity contribution in [2.24, 2.45) is 0 Å². The van der Waals surface area contributed by atoms with Crippen LogP contribution in [0.3, 0.4) is 0 Å². The van der Waals surface area contributed by atoms with E-state index in [9.17, 15) is 23.3 Å². The maximum absolute atomic E-state index is 12.6. The smallest absolute Gasteiger partial charge is 0.274 e. The first-order valence-electron chi connectivity index (χ1n) is 9.81. The van der Waals surface area contributed by atoms with Crippen LogP contribution >= 0.6 is 0 Å². The lowest BCUT2D eigenvalue weighted by Crippen LogP contribution is -2.26. The van der Waals surface area contributed by atoms with Crippen LogP contribution in [0.15, 0.2) is 53.4 Å². The van der Waals surface area contributed by atoms with Gasteiger partial charge in [0.2, 0.25) is 10.0 Å². The second kappa shape index (κ2) is 8.48. The van der Waals surface area contributed by atoms with Crippen LogP contribution in [0.1, 0.15) is 34.6 Å². The highest BCUT2D eigenvalue weighted by molar-refractivity contribution is 7.89. The maximum Gasteiger partial charge on any atom is 0.274 e. The molecule has 0 radical (unpaired) electrons. The van der Waals surface area contributed by atoms with Crippen LogP contribution < -0.4 is 10.0 Å². The van der Waals surface area contributed by atoms with Crippen LogP contribution in [-0.2, 0) is 16.6 Å². The Bertz CT molecular complexity index is 1280. The molecule has 0 saturated heterocycles. The van der Waals surface area contributed by atoms with Crippen molar-refractivity contribution >= 4 is 21.6 Å². The van der Waals surface area contributed by atoms with Gasteiger partial charge in [-0.05, 0) is 43.5 Å². The number of carbonyl (C=O) groups is 1. The third-order valence-electron chi connectivity index (χ3n) is 4.98. The summed E-state index contributed by atoms with van der Waals surface area (Å²) in [4.78, 5) is 23.2. The molecule has 1 aliphatic carbocycles. The fourth-order valence-electron chi connectivity index (χ4n) is 3.06. The van der Waals surface area contributed by atoms with Gasteiger partial charge in [0.1, 0.15) is 0 Å². The fraction of sp³-hybridized carbons (Fsp3) is 0.250. The van der Waals surface area contributed by atoms with Gasteiger partial charge in [-0.2, -0.15) is 0 Å². The van der Waals surface area contributed by atoms with E-state index in [2.05, 4.69) is 20.4 Å². The number of sulfonamides is 1. The molecule has 1 fully saturated rings. The lowest BCUT2D eigenvalue weighted by Gasteiger charge is -2.08. The molecule has 1 amide bonds. The topological polar surface area (TPSA) is 149 Å². The number of nitro groups is 1. The van der Waals surface area contributed by atoms with Crippen LogP contribution in [-0.4, -0.2) is 40.3 Å². The Labute approximate surface area is 183 Å². The number of non-ortho nitro benzene ring substituents is 1. The summed E-state index contributed by atoms with van der Waals surface area (Å²) in [5.74, 6) is -0.466. The molecule has 1 aromatic heterocycles. The average Bonchev–Trinajstić information content (AvgIpc) is 3.49. The van der Waals surface area contributed by atoms with Crippen LogP contribution in [0.2, 0.25) is 0 Å². The molecule has 1 heterocycles. The molecule has 2 N–H and O–H groups in total. The fourth-order valence-corrected chi connectivity index (χ4v) is 4.37. The number of nitro benzene ring substituents is 1. The Morgan fingerprint density at radius 3 is 2.59 bits per heavy atom. The number of nitrogens with zero attached hydrogens (tertiary/aromatic N) is 4. The SMILES string of the molecule is Cc1c(C(=O)NCc2ccc(S(=O)(=O)NC3CC3)cc2)nnn1-c1cccc([N+](=O)[O-])c1. The number of rotatable bonds is 8. The summed E-state index contributed by atoms with van der Waals surface area (Å²) in [7, 11) is -3.53. The highest BCUT2D eigenvalue weighted by Crippen LogP contribution is 2.22. The summed E-state index contributed by atoms with van der Waals surface area (Å²) in [6.45, 7) is 1.80. The maximum atomic E-state index is 12.6. The summed E-state index contributed by atoms with van der Waals surface area (Å²) in [6.07, 6.45) is 1.71. The van der Waals surface area contributed by atoms with Crippen molar-refractivity contribution in [2.45, 2.75) is 37.2 Å². The van der Waals surface area contributed by atoms with Gasteiger partial charge in [0, 0.05) is 24.7 Å². The number of amides is 1. The molecule has 2 aromatic carbocycles. The molecule has 32 heavy (non-hydrogen) atoms. The summed E-state index contributed by atoms with van der Waals surface area (Å²) in [6, 6.07) is 12.1. The number of hydrogen-bond donors (Lipinski definition) is 2. The number of aromatic nitrogens is 3. The van der Waals surface area contributed by atoms with E-state index >= 15 is 0 Å². The average molecular weight is 456 g/mol. The molecule has 0 unspecified atom stereocenters. The third kappa shape index (κ3) is 4.65. The van der Waals surface area contributed by atoms with Gasteiger partial charge in [-0.3, -0.25) is 14.9 Å². The Morgan fingerprint density at radius 2 is 1.94 bits per heavy atom. The first kappa shape index (κ1) is 21.6. The lowest BCUT2D eigenvalue weighted by molar-refractivity contribution is -0.384. The molecule has 3 aromatic rings. The molecule has 4 rings (SSSR count). The molecule has 11 nitrogen and oxygen atoms in total. The minimum Gasteiger partial charge on any atom is -0.347 e. The molecule has 12 heteroatoms. The molecule has 166 valence electrons. The quantitative estimate of drug-likeness (QED) is 0.388. The first-order chi connectivity index (χ1) is 15.2. The molecule has 0 bridgehead atoms. The normalized spacial score (nSPS) is 13.7. The van der Waals surface area contributed by atoms with E-state index in [4.69, 9.17) is 0 Å². The molecule has 1 saturated carbocycles. The number of hydrogen-bond acceptors (Lipinski definition) is 7. The van der Waals surface area contributed by atoms with Gasteiger partial charge in [0.05, 0.1) is 21.2 Å². The van der Waals surface area contributed by atoms with Gasteiger partial charge in [-0.15, -0.1) is 5.10 Å². The minimum atomic E-state index is -3.53. The van der Waals surface area contributed by atoms with E-state index in [1.165, 1.54) is 35.0 Å². The Hall–Kier alpha value is -3.64. The standard InChI is InChI=1S/C20H20N6O5S/c1-13-19(22-24-25(13)16-3-2-4-17(11-16)26(28)29)20(27)21-12-14-5-9-18(10-6-14)32(30,31)23-15-7-8-15/h2-6,9-11,15,23H,7-8,12H2,1H3,(H,21,27). The molecular weight excluding hydrogens is 436 g/mol. The van der Waals surface area contributed by atoms with E-state index in [-0.39, 0.29) is 28.9 Å². The largest absolute Gasteiger partial charge is 0.347 e. The van der Waals surface area contributed by atoms with Gasteiger partial charge < -0.3 is 5.32 Å². The summed E-state index contributed by atoms with van der Waals surface area (Å²) >= 11 is 0. The molecule has 1 aliphatic rings. The molecule has 0 aliphatic heterocycles. The van der Waals surface area contributed by atoms with Crippen molar-refractivity contribution < 1.29 is 18.1 Å². The highest BCUT2D eigenvalue weighted by Gasteiger charge is 2.27. The van der Waals surface area contributed by atoms with E-state index in [1.54, 1.807) is 25.1 Å². The first-order valence-corrected chi connectivity index (χ1v) is 11.3. The molecular formula is C20H20N6O5S. The van der Waals surface area contributed by atoms with Crippen LogP contribution in [0, 0.1) is 17.0 Å². The minimum absolute atomic E-state index is 0.0256. The summed E-state index contributed by atoms with van der Waals surface area (Å²) in [5, 5.41) is 21.6. The van der Waals surface area contributed by atoms with E-state index in [0.29, 0.717) is 16.9 Å². The molecule has 0 spiro atoms. The van der Waals surface area contributed by atoms with E-state index in [1.807, 2.05) is 0 Å². The summed E-state index contributed by atoms with van der Waals surface area (Å²) < 4.78 is 28.4. The van der Waals surface area contributed by atoms with Crippen molar-refractivity contribution in [2.75, 3.05) is 0 Å². The Balaban J connectivity index is 1.42. The zero-order valence-electron chi connectivity index (χ0n) is 17.1. The van der Waals surface area contributed by atoms with Crippen LogP contribution in [0.25, 0.3) is 5.69 Å². The second-order valence-corrected chi connectivity index (χ2v) is 9.15. The van der Waals surface area contributed by atoms with Gasteiger partial charge in [-0.25, -0.2) is 17.8 Å². The third-order valence-corrected chi connectivity index (χ3v) is 6.52. The van der Waals surface area contributed by atoms with Gasteiger partial charge in [-0.1, -0.05) is 23.4 Å². The second-order valence-electron chi connectivity index (χ2n) is 7.43. The van der Waals surface area contributed by atoms with Crippen LogP contribution in [0.4, 0.5) is 5.69 Å². The zero-order valence-corrected chi connectivity index (χ0v) is 17.9. The van der Waals surface area contributed by atoms with Crippen molar-refractivity contribution in [3.63, 3.8) is 0 Å². The van der Waals surface area contributed by atoms with E-state index in [0.717, 1.165) is 12.8 Å². The number of carbonyl (C=O) groups excluding carboxylic acids is 1. The Morgan fingerprint density at radius 1 is 1.22 bits per heavy atom. The highest BCUT2D eigenvalue weighted by atomic mass is 32.2. The van der Waals surface area contributed by atoms with E-state index < -0.39 is 20.9 Å². The zero-order chi connectivity index (χ0) is 22.9. The summed E-state index contributed by atoms with van der Waals surface area (Å²) in [5.41, 5.74) is 1.55. The van der Waals surface area contributed by atoms with Crippen molar-refractivity contribution in [1.29, 1.82) is 0 Å². The number of benzene rings is 2. The van der Waals surface area contributed by atoms with Gasteiger partial charge in [0.15, 0.2) is 5.69 Å². The monoisotopic (exact) mass is 456 g/mol. The Kier molecular flexibility index (Phi) is 5.72. The number of nitrogens with one attached hydrogen (secondary N) is 2. The predicted molar refractivity (Wildman–Crippen MR) is 114 cm³/mol. The van der Waals surface area contributed by atoms with Gasteiger partial charge in [0.25, 0.3) is 11.6 Å². The molecule has 0 atom stereocenters. The van der Waals surface area contributed by atoms with Crippen molar-refractivity contribution in [1.82, 2.24) is 25.0 Å². The van der Waals surface area contributed by atoms with Crippen molar-refractivity contribution in [3.8, 4) is 5.69 Å². The lowest BCUT2D eigenvalue weighted by atomic mass is 10.2. The van der Waals surface area contributed by atoms with Gasteiger partial charge >= 0.3 is 0 Å². The van der Waals surface area contributed by atoms with Crippen molar-refractivity contribution in [3.05, 3.63) is 75.6 Å². The van der Waals surface area contributed by atoms with Crippen LogP contribution in [0.5, 0.6) is 0 Å². The predicted octanol–water partition coefficient (Wildman–Crippen LogP) is 1.85.